The molecule has 1 saturated heterocycles. The molecule has 1 aliphatic rings. The normalized spacial score (nSPS) is 19.9. The van der Waals surface area contributed by atoms with E-state index >= 15 is 0 Å². The lowest BCUT2D eigenvalue weighted by molar-refractivity contribution is -0.129. The number of carbonyl (C=O) groups is 1. The Bertz CT molecular complexity index is 271. The maximum atomic E-state index is 12.3. The van der Waals surface area contributed by atoms with Crippen molar-refractivity contribution in [1.82, 2.24) is 10.2 Å². The van der Waals surface area contributed by atoms with Crippen LogP contribution in [0.2, 0.25) is 0 Å². The molecule has 0 aromatic rings. The van der Waals surface area contributed by atoms with Gasteiger partial charge in [0.2, 0.25) is 5.91 Å². The Kier molecular flexibility index (Phi) is 6.80. The number of nitrogens with one attached hydrogen (secondary N) is 1. The Morgan fingerprint density at radius 3 is 2.26 bits per heavy atom. The van der Waals surface area contributed by atoms with E-state index in [4.69, 9.17) is 5.11 Å². The van der Waals surface area contributed by atoms with Crippen LogP contribution in [0.3, 0.4) is 0 Å². The van der Waals surface area contributed by atoms with Crippen molar-refractivity contribution in [1.29, 1.82) is 0 Å². The zero-order chi connectivity index (χ0) is 14.4. The van der Waals surface area contributed by atoms with Crippen LogP contribution in [0, 0.1) is 11.8 Å². The van der Waals surface area contributed by atoms with E-state index in [1.54, 1.807) is 0 Å². The van der Waals surface area contributed by atoms with Gasteiger partial charge in [-0.3, -0.25) is 9.69 Å². The molecule has 19 heavy (non-hydrogen) atoms. The molecule has 0 spiro atoms. The van der Waals surface area contributed by atoms with Gasteiger partial charge in [-0.15, -0.1) is 0 Å². The van der Waals surface area contributed by atoms with E-state index in [9.17, 15) is 4.79 Å². The topological polar surface area (TPSA) is 52.6 Å². The van der Waals surface area contributed by atoms with E-state index in [2.05, 4.69) is 24.1 Å². The van der Waals surface area contributed by atoms with E-state index in [1.807, 2.05) is 13.8 Å². The molecule has 1 heterocycles. The highest BCUT2D eigenvalue weighted by atomic mass is 16.3. The predicted molar refractivity (Wildman–Crippen MR) is 77.9 cm³/mol. The van der Waals surface area contributed by atoms with Gasteiger partial charge in [0.1, 0.15) is 0 Å². The molecule has 2 N–H and O–H groups in total. The molecule has 1 amide bonds. The van der Waals surface area contributed by atoms with E-state index < -0.39 is 0 Å². The first kappa shape index (κ1) is 16.4. The van der Waals surface area contributed by atoms with Crippen molar-refractivity contribution in [2.24, 2.45) is 11.8 Å². The molecule has 0 radical (unpaired) electrons. The van der Waals surface area contributed by atoms with Gasteiger partial charge < -0.3 is 10.4 Å². The van der Waals surface area contributed by atoms with Crippen molar-refractivity contribution < 1.29 is 9.90 Å². The van der Waals surface area contributed by atoms with Gasteiger partial charge in [-0.2, -0.15) is 0 Å². The summed E-state index contributed by atoms with van der Waals surface area (Å²) in [6.45, 7) is 10.5. The van der Waals surface area contributed by atoms with Crippen LogP contribution in [-0.4, -0.2) is 47.7 Å². The fourth-order valence-electron chi connectivity index (χ4n) is 2.96. The number of likely N-dealkylation sites (tertiary alicyclic amines) is 1. The van der Waals surface area contributed by atoms with Gasteiger partial charge in [0, 0.05) is 12.6 Å². The molecule has 0 bridgehead atoms. The highest BCUT2D eigenvalue weighted by molar-refractivity contribution is 5.82. The minimum absolute atomic E-state index is 0.0162. The Hall–Kier alpha value is -0.610. The molecule has 4 nitrogen and oxygen atoms in total. The average Bonchev–Trinajstić information content (AvgIpc) is 2.30. The van der Waals surface area contributed by atoms with Crippen molar-refractivity contribution in [2.75, 3.05) is 19.7 Å². The van der Waals surface area contributed by atoms with Crippen molar-refractivity contribution in [3.8, 4) is 0 Å². The zero-order valence-electron chi connectivity index (χ0n) is 12.9. The summed E-state index contributed by atoms with van der Waals surface area (Å²) in [6, 6.07) is 0.179. The first-order valence-corrected chi connectivity index (χ1v) is 7.61. The number of rotatable bonds is 6. The molecule has 1 atom stereocenters. The number of piperidine rings is 1. The van der Waals surface area contributed by atoms with Crippen molar-refractivity contribution in [2.45, 2.75) is 59.0 Å². The SMILES string of the molecule is CC(C)NC(=O)[C@H](C(C)C)N1CCC(CCO)CC1. The summed E-state index contributed by atoms with van der Waals surface area (Å²) in [7, 11) is 0. The monoisotopic (exact) mass is 270 g/mol. The first-order chi connectivity index (χ1) is 8.95. The van der Waals surface area contributed by atoms with Crippen molar-refractivity contribution in [3.05, 3.63) is 0 Å². The minimum Gasteiger partial charge on any atom is -0.396 e. The van der Waals surface area contributed by atoms with Gasteiger partial charge in [0.15, 0.2) is 0 Å². The highest BCUT2D eigenvalue weighted by Crippen LogP contribution is 2.24. The molecule has 0 aromatic carbocycles. The summed E-state index contributed by atoms with van der Waals surface area (Å²) >= 11 is 0. The number of hydrogen-bond acceptors (Lipinski definition) is 3. The van der Waals surface area contributed by atoms with Gasteiger partial charge in [-0.05, 0) is 58.0 Å². The van der Waals surface area contributed by atoms with Gasteiger partial charge in [-0.1, -0.05) is 13.8 Å². The molecule has 4 heteroatoms. The first-order valence-electron chi connectivity index (χ1n) is 7.61. The summed E-state index contributed by atoms with van der Waals surface area (Å²) < 4.78 is 0. The molecule has 112 valence electrons. The standard InChI is InChI=1S/C15H30N2O2/c1-11(2)14(15(19)16-12(3)4)17-8-5-13(6-9-17)7-10-18/h11-14,18H,5-10H2,1-4H3,(H,16,19)/t14-/m0/s1. The molecule has 0 saturated carbocycles. The maximum absolute atomic E-state index is 12.3. The molecule has 0 unspecified atom stereocenters. The third kappa shape index (κ3) is 5.11. The van der Waals surface area contributed by atoms with Crippen molar-refractivity contribution >= 4 is 5.91 Å². The average molecular weight is 270 g/mol. The fraction of sp³-hybridized carbons (Fsp3) is 0.933. The largest absolute Gasteiger partial charge is 0.396 e. The van der Waals surface area contributed by atoms with Crippen LogP contribution in [0.1, 0.15) is 47.0 Å². The Morgan fingerprint density at radius 1 is 1.26 bits per heavy atom. The van der Waals surface area contributed by atoms with Crippen LogP contribution >= 0.6 is 0 Å². The van der Waals surface area contributed by atoms with E-state index in [0.717, 1.165) is 32.4 Å². The molecule has 0 aliphatic carbocycles. The number of aliphatic hydroxyl groups is 1. The fourth-order valence-corrected chi connectivity index (χ4v) is 2.96. The number of carbonyl (C=O) groups excluding carboxylic acids is 1. The maximum Gasteiger partial charge on any atom is 0.237 e. The highest BCUT2D eigenvalue weighted by Gasteiger charge is 2.31. The van der Waals surface area contributed by atoms with Crippen LogP contribution in [0.5, 0.6) is 0 Å². The Balaban J connectivity index is 2.56. The molecular formula is C15H30N2O2. The molecular weight excluding hydrogens is 240 g/mol. The smallest absolute Gasteiger partial charge is 0.237 e. The van der Waals surface area contributed by atoms with Crippen LogP contribution in [0.15, 0.2) is 0 Å². The third-order valence-corrected chi connectivity index (χ3v) is 3.91. The van der Waals surface area contributed by atoms with Gasteiger partial charge in [0.25, 0.3) is 0 Å². The number of hydrogen-bond donors (Lipinski definition) is 2. The Labute approximate surface area is 117 Å². The second kappa shape index (κ2) is 7.85. The molecule has 0 aromatic heterocycles. The number of aliphatic hydroxyl groups excluding tert-OH is 1. The number of nitrogens with zero attached hydrogens (tertiary/aromatic N) is 1. The van der Waals surface area contributed by atoms with Gasteiger partial charge in [0.05, 0.1) is 6.04 Å². The zero-order valence-corrected chi connectivity index (χ0v) is 12.9. The summed E-state index contributed by atoms with van der Waals surface area (Å²) in [6.07, 6.45) is 3.09. The number of amides is 1. The van der Waals surface area contributed by atoms with E-state index in [-0.39, 0.29) is 24.6 Å². The second-order valence-electron chi connectivity index (χ2n) is 6.34. The summed E-state index contributed by atoms with van der Waals surface area (Å²) in [5.74, 6) is 1.11. The van der Waals surface area contributed by atoms with Crippen LogP contribution in [0.4, 0.5) is 0 Å². The summed E-state index contributed by atoms with van der Waals surface area (Å²) in [4.78, 5) is 14.6. The van der Waals surface area contributed by atoms with Crippen LogP contribution in [0.25, 0.3) is 0 Å². The van der Waals surface area contributed by atoms with Crippen LogP contribution in [-0.2, 0) is 4.79 Å². The Morgan fingerprint density at radius 2 is 1.84 bits per heavy atom. The minimum atomic E-state index is -0.0162. The van der Waals surface area contributed by atoms with Gasteiger partial charge in [-0.25, -0.2) is 0 Å². The third-order valence-electron chi connectivity index (χ3n) is 3.91. The van der Waals surface area contributed by atoms with Gasteiger partial charge >= 0.3 is 0 Å². The lowest BCUT2D eigenvalue weighted by atomic mass is 9.91. The molecule has 1 fully saturated rings. The quantitative estimate of drug-likeness (QED) is 0.771. The second-order valence-corrected chi connectivity index (χ2v) is 6.34. The summed E-state index contributed by atoms with van der Waals surface area (Å²) in [5.41, 5.74) is 0. The summed E-state index contributed by atoms with van der Waals surface area (Å²) in [5, 5.41) is 12.0. The van der Waals surface area contributed by atoms with E-state index in [0.29, 0.717) is 11.8 Å². The lowest BCUT2D eigenvalue weighted by Gasteiger charge is -2.38. The molecule has 1 aliphatic heterocycles. The molecule has 1 rings (SSSR count). The van der Waals surface area contributed by atoms with E-state index in [1.165, 1.54) is 0 Å². The van der Waals surface area contributed by atoms with Crippen molar-refractivity contribution in [3.63, 3.8) is 0 Å². The van der Waals surface area contributed by atoms with Crippen LogP contribution < -0.4 is 5.32 Å². The lowest BCUT2D eigenvalue weighted by Crippen LogP contribution is -2.53. The predicted octanol–water partition coefficient (Wildman–Crippen LogP) is 1.63.